The van der Waals surface area contributed by atoms with Gasteiger partial charge in [-0.2, -0.15) is 5.10 Å². The molecule has 0 bridgehead atoms. The zero-order valence-corrected chi connectivity index (χ0v) is 4.36. The van der Waals surface area contributed by atoms with Gasteiger partial charge in [-0.15, -0.1) is 0 Å². The highest BCUT2D eigenvalue weighted by molar-refractivity contribution is 5.71. The van der Waals surface area contributed by atoms with Crippen LogP contribution >= 0.6 is 0 Å². The molecule has 3 heteroatoms. The van der Waals surface area contributed by atoms with Gasteiger partial charge in [-0.25, -0.2) is 11.0 Å². The van der Waals surface area contributed by atoms with Crippen molar-refractivity contribution < 1.29 is 0 Å². The summed E-state index contributed by atoms with van der Waals surface area (Å²) in [6, 6.07) is 0. The molecule has 0 atom stereocenters. The number of hydrogen-bond donors (Lipinski definition) is 1. The normalized spacial score (nSPS) is 16.9. The van der Waals surface area contributed by atoms with Crippen molar-refractivity contribution in [3.05, 3.63) is 24.4 Å². The van der Waals surface area contributed by atoms with Gasteiger partial charge in [0.25, 0.3) is 0 Å². The average molecular weight is 109 g/mol. The molecule has 1 aliphatic heterocycles. The third-order valence-electron chi connectivity index (χ3n) is 0.747. The Morgan fingerprint density at radius 1 is 1.25 bits per heavy atom. The quantitative estimate of drug-likeness (QED) is 0.452. The van der Waals surface area contributed by atoms with Crippen LogP contribution in [0.1, 0.15) is 0 Å². The number of nitrogens with two attached hydrogens (primary N) is 1. The van der Waals surface area contributed by atoms with E-state index in [1.165, 1.54) is 5.12 Å². The van der Waals surface area contributed by atoms with E-state index in [-0.39, 0.29) is 0 Å². The van der Waals surface area contributed by atoms with Crippen LogP contribution in [0.4, 0.5) is 0 Å². The van der Waals surface area contributed by atoms with E-state index in [0.717, 1.165) is 0 Å². The van der Waals surface area contributed by atoms with Crippen molar-refractivity contribution in [2.24, 2.45) is 10.9 Å². The second kappa shape index (κ2) is 2.28. The second-order valence-electron chi connectivity index (χ2n) is 1.37. The van der Waals surface area contributed by atoms with Crippen molar-refractivity contribution in [3.63, 3.8) is 0 Å². The van der Waals surface area contributed by atoms with Gasteiger partial charge in [0.15, 0.2) is 0 Å². The largest absolute Gasteiger partial charge is 0.227 e. The molecule has 0 radical (unpaired) electrons. The fourth-order valence-corrected chi connectivity index (χ4v) is 0.406. The van der Waals surface area contributed by atoms with Crippen LogP contribution in [-0.2, 0) is 0 Å². The summed E-state index contributed by atoms with van der Waals surface area (Å²) in [4.78, 5) is 0. The Morgan fingerprint density at radius 2 is 2.12 bits per heavy atom. The first-order valence-corrected chi connectivity index (χ1v) is 2.31. The molecule has 0 amide bonds. The lowest BCUT2D eigenvalue weighted by atomic mass is 10.5. The summed E-state index contributed by atoms with van der Waals surface area (Å²) in [5.41, 5.74) is 0. The predicted molar refractivity (Wildman–Crippen MR) is 32.8 cm³/mol. The second-order valence-corrected chi connectivity index (χ2v) is 1.37. The van der Waals surface area contributed by atoms with Crippen LogP contribution in [0, 0.1) is 0 Å². The predicted octanol–water partition coefficient (Wildman–Crippen LogP) is 0.231. The van der Waals surface area contributed by atoms with Gasteiger partial charge in [0.1, 0.15) is 0 Å². The molecular weight excluding hydrogens is 102 g/mol. The lowest BCUT2D eigenvalue weighted by molar-refractivity contribution is 0.424. The molecule has 0 unspecified atom stereocenters. The molecule has 0 aromatic heterocycles. The van der Waals surface area contributed by atoms with E-state index in [1.807, 2.05) is 18.2 Å². The smallest absolute Gasteiger partial charge is 0.0490 e. The van der Waals surface area contributed by atoms with Crippen molar-refractivity contribution in [3.8, 4) is 0 Å². The van der Waals surface area contributed by atoms with Crippen LogP contribution in [0.15, 0.2) is 29.5 Å². The highest BCUT2D eigenvalue weighted by Gasteiger charge is 1.81. The summed E-state index contributed by atoms with van der Waals surface area (Å²) in [7, 11) is 0. The summed E-state index contributed by atoms with van der Waals surface area (Å²) in [5.74, 6) is 5.24. The molecule has 1 rings (SSSR count). The molecule has 8 heavy (non-hydrogen) atoms. The lowest BCUT2D eigenvalue weighted by Crippen LogP contribution is -2.17. The third-order valence-corrected chi connectivity index (χ3v) is 0.747. The number of allylic oxidation sites excluding steroid dienone is 3. The van der Waals surface area contributed by atoms with Crippen LogP contribution < -0.4 is 5.84 Å². The minimum absolute atomic E-state index is 1.25. The van der Waals surface area contributed by atoms with Gasteiger partial charge in [0.2, 0.25) is 0 Å². The SMILES string of the molecule is NN1C=CC=CC=N1. The van der Waals surface area contributed by atoms with E-state index in [9.17, 15) is 0 Å². The van der Waals surface area contributed by atoms with Crippen LogP contribution in [0.25, 0.3) is 0 Å². The average Bonchev–Trinajstić information content (AvgIpc) is 1.94. The summed E-state index contributed by atoms with van der Waals surface area (Å²) >= 11 is 0. The molecule has 3 nitrogen and oxygen atoms in total. The Balaban J connectivity index is 2.66. The van der Waals surface area contributed by atoms with Gasteiger partial charge < -0.3 is 0 Å². The number of nitrogens with zero attached hydrogens (tertiary/aromatic N) is 2. The minimum atomic E-state index is 1.25. The zero-order valence-electron chi connectivity index (χ0n) is 4.36. The molecule has 1 heterocycles. The Labute approximate surface area is 47.7 Å². The standard InChI is InChI=1S/C5H7N3/c6-8-5-3-1-2-4-7-8/h1-5H,6H2. The highest BCUT2D eigenvalue weighted by Crippen LogP contribution is 1.85. The molecule has 0 aliphatic carbocycles. The van der Waals surface area contributed by atoms with Crippen molar-refractivity contribution in [1.29, 1.82) is 0 Å². The van der Waals surface area contributed by atoms with E-state index >= 15 is 0 Å². The maximum Gasteiger partial charge on any atom is 0.0490 e. The fraction of sp³-hybridized carbons (Fsp3) is 0. The van der Waals surface area contributed by atoms with Gasteiger partial charge in [-0.3, -0.25) is 0 Å². The molecule has 42 valence electrons. The van der Waals surface area contributed by atoms with E-state index in [4.69, 9.17) is 5.84 Å². The van der Waals surface area contributed by atoms with Crippen LogP contribution in [0.2, 0.25) is 0 Å². The zero-order chi connectivity index (χ0) is 5.82. The molecule has 2 N–H and O–H groups in total. The van der Waals surface area contributed by atoms with Crippen LogP contribution in [0.3, 0.4) is 0 Å². The van der Waals surface area contributed by atoms with E-state index in [1.54, 1.807) is 12.4 Å². The Hall–Kier alpha value is -1.09. The molecule has 0 aromatic rings. The summed E-state index contributed by atoms with van der Waals surface area (Å²) in [5, 5.41) is 4.99. The van der Waals surface area contributed by atoms with Crippen molar-refractivity contribution in [2.45, 2.75) is 0 Å². The molecular formula is C5H7N3. The maximum absolute atomic E-state index is 5.24. The first-order valence-electron chi connectivity index (χ1n) is 2.31. The molecule has 0 saturated carbocycles. The first-order chi connectivity index (χ1) is 3.89. The summed E-state index contributed by atoms with van der Waals surface area (Å²) < 4.78 is 0. The number of hydrogen-bond acceptors (Lipinski definition) is 3. The monoisotopic (exact) mass is 109 g/mol. The number of hydrazone groups is 1. The Morgan fingerprint density at radius 3 is 3.00 bits per heavy atom. The van der Waals surface area contributed by atoms with E-state index < -0.39 is 0 Å². The van der Waals surface area contributed by atoms with E-state index in [0.29, 0.717) is 0 Å². The first kappa shape index (κ1) is 5.05. The van der Waals surface area contributed by atoms with Gasteiger partial charge in [-0.1, -0.05) is 6.08 Å². The number of hydrazine groups is 1. The molecule has 1 aliphatic rings. The third kappa shape index (κ3) is 1.20. The molecule has 0 fully saturated rings. The van der Waals surface area contributed by atoms with Crippen molar-refractivity contribution >= 4 is 6.21 Å². The van der Waals surface area contributed by atoms with Gasteiger partial charge >= 0.3 is 0 Å². The summed E-state index contributed by atoms with van der Waals surface area (Å²) in [6.45, 7) is 0. The fourth-order valence-electron chi connectivity index (χ4n) is 0.406. The number of rotatable bonds is 0. The topological polar surface area (TPSA) is 41.6 Å². The Kier molecular flexibility index (Phi) is 1.44. The van der Waals surface area contributed by atoms with Crippen molar-refractivity contribution in [1.82, 2.24) is 5.12 Å². The highest BCUT2D eigenvalue weighted by atomic mass is 15.6. The van der Waals surface area contributed by atoms with Gasteiger partial charge in [0.05, 0.1) is 0 Å². The molecule has 0 saturated heterocycles. The lowest BCUT2D eigenvalue weighted by Gasteiger charge is -2.00. The van der Waals surface area contributed by atoms with Crippen LogP contribution in [-0.4, -0.2) is 11.3 Å². The van der Waals surface area contributed by atoms with Crippen molar-refractivity contribution in [2.75, 3.05) is 0 Å². The molecule has 0 aromatic carbocycles. The minimum Gasteiger partial charge on any atom is -0.227 e. The Bertz CT molecular complexity index is 130. The molecule has 0 spiro atoms. The van der Waals surface area contributed by atoms with Gasteiger partial charge in [0, 0.05) is 12.4 Å². The van der Waals surface area contributed by atoms with E-state index in [2.05, 4.69) is 5.10 Å². The summed E-state index contributed by atoms with van der Waals surface area (Å²) in [6.07, 6.45) is 8.77. The van der Waals surface area contributed by atoms with Gasteiger partial charge in [-0.05, 0) is 12.2 Å². The maximum atomic E-state index is 5.24. The van der Waals surface area contributed by atoms with Crippen LogP contribution in [0.5, 0.6) is 0 Å².